The van der Waals surface area contributed by atoms with Gasteiger partial charge in [0, 0.05) is 43.5 Å². The lowest BCUT2D eigenvalue weighted by Crippen LogP contribution is -2.41. The Morgan fingerprint density at radius 1 is 1.23 bits per heavy atom. The van der Waals surface area contributed by atoms with E-state index in [1.165, 1.54) is 0 Å². The Balaban J connectivity index is 1.62. The fourth-order valence-corrected chi connectivity index (χ4v) is 4.01. The lowest BCUT2D eigenvalue weighted by atomic mass is 10.0. The van der Waals surface area contributed by atoms with E-state index in [0.717, 1.165) is 42.2 Å². The zero-order valence-corrected chi connectivity index (χ0v) is 20.0. The standard InChI is InChI=1S/C27H29N5O3/c1-20-16-21(8-9-25(20)34-2)26-23(19-32(30-26)24-6-4-3-5-7-24)17-22(18-28)27(33)29-10-11-31-12-14-35-15-13-31/h3-9,16-17,19H,10-15H2,1-2H3,(H,29,33). The van der Waals surface area contributed by atoms with Gasteiger partial charge in [-0.3, -0.25) is 9.69 Å². The van der Waals surface area contributed by atoms with Crippen LogP contribution in [0.25, 0.3) is 23.0 Å². The minimum atomic E-state index is -0.398. The van der Waals surface area contributed by atoms with Crippen molar-refractivity contribution in [2.75, 3.05) is 46.5 Å². The first-order valence-electron chi connectivity index (χ1n) is 11.6. The monoisotopic (exact) mass is 471 g/mol. The number of nitriles is 1. The molecule has 1 N–H and O–H groups in total. The number of benzene rings is 2. The molecule has 180 valence electrons. The molecule has 4 rings (SSSR count). The summed E-state index contributed by atoms with van der Waals surface area (Å²) in [6, 6.07) is 17.6. The maximum Gasteiger partial charge on any atom is 0.262 e. The van der Waals surface area contributed by atoms with E-state index < -0.39 is 5.91 Å². The fraction of sp³-hybridized carbons (Fsp3) is 0.296. The molecular formula is C27H29N5O3. The molecule has 0 spiro atoms. The highest BCUT2D eigenvalue weighted by atomic mass is 16.5. The Bertz CT molecular complexity index is 1240. The lowest BCUT2D eigenvalue weighted by molar-refractivity contribution is -0.117. The summed E-state index contributed by atoms with van der Waals surface area (Å²) in [4.78, 5) is 15.0. The minimum absolute atomic E-state index is 0.0334. The summed E-state index contributed by atoms with van der Waals surface area (Å²) >= 11 is 0. The molecule has 35 heavy (non-hydrogen) atoms. The van der Waals surface area contributed by atoms with Gasteiger partial charge in [-0.2, -0.15) is 10.4 Å². The van der Waals surface area contributed by atoms with Crippen molar-refractivity contribution in [2.45, 2.75) is 6.92 Å². The van der Waals surface area contributed by atoms with Crippen LogP contribution >= 0.6 is 0 Å². The average molecular weight is 472 g/mol. The summed E-state index contributed by atoms with van der Waals surface area (Å²) in [5.41, 5.74) is 4.11. The predicted molar refractivity (Wildman–Crippen MR) is 134 cm³/mol. The highest BCUT2D eigenvalue weighted by molar-refractivity contribution is 6.02. The first kappa shape index (κ1) is 24.2. The molecule has 1 saturated heterocycles. The van der Waals surface area contributed by atoms with Gasteiger partial charge >= 0.3 is 0 Å². The van der Waals surface area contributed by atoms with Gasteiger partial charge in [0.15, 0.2) is 0 Å². The molecule has 0 radical (unpaired) electrons. The molecule has 1 aliphatic rings. The number of aryl methyl sites for hydroxylation is 1. The second-order valence-corrected chi connectivity index (χ2v) is 8.28. The van der Waals surface area contributed by atoms with Crippen LogP contribution in [0.1, 0.15) is 11.1 Å². The third-order valence-corrected chi connectivity index (χ3v) is 5.91. The smallest absolute Gasteiger partial charge is 0.262 e. The second-order valence-electron chi connectivity index (χ2n) is 8.28. The molecule has 2 aromatic carbocycles. The van der Waals surface area contributed by atoms with Gasteiger partial charge in [-0.15, -0.1) is 0 Å². The fourth-order valence-electron chi connectivity index (χ4n) is 4.01. The van der Waals surface area contributed by atoms with Crippen molar-refractivity contribution < 1.29 is 14.3 Å². The number of hydrogen-bond acceptors (Lipinski definition) is 6. The highest BCUT2D eigenvalue weighted by Gasteiger charge is 2.17. The van der Waals surface area contributed by atoms with Crippen LogP contribution in [-0.4, -0.2) is 67.1 Å². The van der Waals surface area contributed by atoms with Gasteiger partial charge in [0.25, 0.3) is 5.91 Å². The van der Waals surface area contributed by atoms with Gasteiger partial charge in [-0.25, -0.2) is 4.68 Å². The molecule has 0 aliphatic carbocycles. The SMILES string of the molecule is COc1ccc(-c2nn(-c3ccccc3)cc2C=C(C#N)C(=O)NCCN2CCOCC2)cc1C. The maximum atomic E-state index is 12.8. The summed E-state index contributed by atoms with van der Waals surface area (Å²) in [7, 11) is 1.64. The lowest BCUT2D eigenvalue weighted by Gasteiger charge is -2.26. The number of nitrogens with one attached hydrogen (secondary N) is 1. The Kier molecular flexibility index (Phi) is 7.93. The van der Waals surface area contributed by atoms with Crippen molar-refractivity contribution in [3.05, 3.63) is 71.4 Å². The number of aromatic nitrogens is 2. The van der Waals surface area contributed by atoms with Crippen LogP contribution in [0, 0.1) is 18.3 Å². The molecule has 1 aliphatic heterocycles. The summed E-state index contributed by atoms with van der Waals surface area (Å²) < 4.78 is 12.5. The van der Waals surface area contributed by atoms with Gasteiger partial charge in [0.05, 0.1) is 26.0 Å². The zero-order chi connectivity index (χ0) is 24.6. The quantitative estimate of drug-likeness (QED) is 0.401. The van der Waals surface area contributed by atoms with Gasteiger partial charge in [-0.1, -0.05) is 18.2 Å². The van der Waals surface area contributed by atoms with Crippen LogP contribution in [0.15, 0.2) is 60.3 Å². The predicted octanol–water partition coefficient (Wildman–Crippen LogP) is 3.21. The van der Waals surface area contributed by atoms with Crippen molar-refractivity contribution in [1.82, 2.24) is 20.0 Å². The third-order valence-electron chi connectivity index (χ3n) is 5.91. The zero-order valence-electron chi connectivity index (χ0n) is 20.0. The summed E-state index contributed by atoms with van der Waals surface area (Å²) in [6.45, 7) is 6.25. The van der Waals surface area contributed by atoms with E-state index in [0.29, 0.717) is 31.0 Å². The number of para-hydroxylation sites is 1. The molecular weight excluding hydrogens is 442 g/mol. The van der Waals surface area contributed by atoms with Crippen molar-refractivity contribution in [2.24, 2.45) is 0 Å². The number of ether oxygens (including phenoxy) is 2. The molecule has 1 aromatic heterocycles. The number of morpholine rings is 1. The third kappa shape index (κ3) is 5.96. The van der Waals surface area contributed by atoms with Gasteiger partial charge in [-0.05, 0) is 48.9 Å². The molecule has 2 heterocycles. The van der Waals surface area contributed by atoms with E-state index in [1.807, 2.05) is 61.7 Å². The number of methoxy groups -OCH3 is 1. The van der Waals surface area contributed by atoms with Crippen molar-refractivity contribution >= 4 is 12.0 Å². The van der Waals surface area contributed by atoms with Gasteiger partial charge in [0.1, 0.15) is 23.1 Å². The average Bonchev–Trinajstić information content (AvgIpc) is 3.32. The molecule has 1 amide bonds. The number of rotatable bonds is 8. The number of hydrogen-bond donors (Lipinski definition) is 1. The Morgan fingerprint density at radius 3 is 2.69 bits per heavy atom. The van der Waals surface area contributed by atoms with Crippen molar-refractivity contribution in [1.29, 1.82) is 5.26 Å². The van der Waals surface area contributed by atoms with E-state index >= 15 is 0 Å². The number of carbonyl (C=O) groups excluding carboxylic acids is 1. The number of nitrogens with zero attached hydrogens (tertiary/aromatic N) is 4. The molecule has 8 heteroatoms. The molecule has 0 atom stereocenters. The molecule has 3 aromatic rings. The molecule has 0 saturated carbocycles. The van der Waals surface area contributed by atoms with Crippen molar-refractivity contribution in [3.63, 3.8) is 0 Å². The van der Waals surface area contributed by atoms with Crippen LogP contribution in [0.3, 0.4) is 0 Å². The highest BCUT2D eigenvalue weighted by Crippen LogP contribution is 2.29. The first-order valence-corrected chi connectivity index (χ1v) is 11.6. The molecule has 0 bridgehead atoms. The van der Waals surface area contributed by atoms with E-state index in [4.69, 9.17) is 14.6 Å². The van der Waals surface area contributed by atoms with Crippen LogP contribution < -0.4 is 10.1 Å². The van der Waals surface area contributed by atoms with E-state index in [1.54, 1.807) is 17.9 Å². The van der Waals surface area contributed by atoms with Crippen LogP contribution in [0.4, 0.5) is 0 Å². The normalized spacial score (nSPS) is 14.4. The number of amides is 1. The molecule has 8 nitrogen and oxygen atoms in total. The van der Waals surface area contributed by atoms with E-state index in [9.17, 15) is 10.1 Å². The van der Waals surface area contributed by atoms with Crippen molar-refractivity contribution in [3.8, 4) is 28.8 Å². The van der Waals surface area contributed by atoms with Crippen LogP contribution in [0.2, 0.25) is 0 Å². The Morgan fingerprint density at radius 2 is 2.00 bits per heavy atom. The van der Waals surface area contributed by atoms with Gasteiger partial charge < -0.3 is 14.8 Å². The Labute approximate surface area is 205 Å². The summed E-state index contributed by atoms with van der Waals surface area (Å²) in [6.07, 6.45) is 3.44. The first-order chi connectivity index (χ1) is 17.1. The largest absolute Gasteiger partial charge is 0.496 e. The second kappa shape index (κ2) is 11.5. The summed E-state index contributed by atoms with van der Waals surface area (Å²) in [5, 5.41) is 17.4. The van der Waals surface area contributed by atoms with Crippen LogP contribution in [0.5, 0.6) is 5.75 Å². The number of carbonyl (C=O) groups is 1. The van der Waals surface area contributed by atoms with Crippen LogP contribution in [-0.2, 0) is 9.53 Å². The van der Waals surface area contributed by atoms with Gasteiger partial charge in [0.2, 0.25) is 0 Å². The van der Waals surface area contributed by atoms with E-state index in [2.05, 4.69) is 16.3 Å². The Hall–Kier alpha value is -3.93. The topological polar surface area (TPSA) is 92.4 Å². The molecule has 0 unspecified atom stereocenters. The van der Waals surface area contributed by atoms with E-state index in [-0.39, 0.29) is 5.57 Å². The molecule has 1 fully saturated rings. The maximum absolute atomic E-state index is 12.8. The summed E-state index contributed by atoms with van der Waals surface area (Å²) in [5.74, 6) is 0.385. The minimum Gasteiger partial charge on any atom is -0.496 e.